The molecular formula is C20H24N4O4S2. The summed E-state index contributed by atoms with van der Waals surface area (Å²) >= 11 is 1.49. The standard InChI is InChI=1S/C20H24N4O4S2/c1-4-23(13-18-21-20(22-28-18)17-6-5-11-29-17)19(25)14-24(30(3,26)27)12-16-9-7-15(2)8-10-16/h5-11H,4,12-14H2,1-3H3. The van der Waals surface area contributed by atoms with Crippen LogP contribution in [0.5, 0.6) is 0 Å². The first-order valence-electron chi connectivity index (χ1n) is 9.41. The number of likely N-dealkylation sites (N-methyl/N-ethyl adjacent to an activating group) is 1. The third kappa shape index (κ3) is 5.74. The van der Waals surface area contributed by atoms with Crippen LogP contribution in [0.2, 0.25) is 0 Å². The number of nitrogens with zero attached hydrogens (tertiary/aromatic N) is 4. The van der Waals surface area contributed by atoms with Gasteiger partial charge in [-0.15, -0.1) is 11.3 Å². The molecule has 0 saturated heterocycles. The van der Waals surface area contributed by atoms with E-state index < -0.39 is 10.0 Å². The molecule has 10 heteroatoms. The minimum atomic E-state index is -3.57. The Bertz CT molecular complexity index is 1080. The molecule has 0 radical (unpaired) electrons. The summed E-state index contributed by atoms with van der Waals surface area (Å²) in [5.41, 5.74) is 1.90. The molecule has 0 unspecified atom stereocenters. The maximum Gasteiger partial charge on any atom is 0.246 e. The summed E-state index contributed by atoms with van der Waals surface area (Å²) in [4.78, 5) is 19.6. The lowest BCUT2D eigenvalue weighted by atomic mass is 10.1. The number of aromatic nitrogens is 2. The highest BCUT2D eigenvalue weighted by molar-refractivity contribution is 7.88. The minimum Gasteiger partial charge on any atom is -0.337 e. The number of carbonyl (C=O) groups excluding carboxylic acids is 1. The van der Waals surface area contributed by atoms with Crippen molar-refractivity contribution in [2.45, 2.75) is 26.9 Å². The molecular weight excluding hydrogens is 424 g/mol. The van der Waals surface area contributed by atoms with Crippen molar-refractivity contribution in [3.05, 3.63) is 58.8 Å². The Kier molecular flexibility index (Phi) is 7.01. The van der Waals surface area contributed by atoms with E-state index >= 15 is 0 Å². The SMILES string of the molecule is CCN(Cc1nc(-c2cccs2)no1)C(=O)CN(Cc1ccc(C)cc1)S(C)(=O)=O. The van der Waals surface area contributed by atoms with Crippen LogP contribution in [0, 0.1) is 6.92 Å². The van der Waals surface area contributed by atoms with E-state index in [1.54, 1.807) is 0 Å². The Labute approximate surface area is 180 Å². The smallest absolute Gasteiger partial charge is 0.246 e. The lowest BCUT2D eigenvalue weighted by Gasteiger charge is -2.24. The van der Waals surface area contributed by atoms with Gasteiger partial charge in [-0.25, -0.2) is 8.42 Å². The Balaban J connectivity index is 1.69. The molecule has 0 aliphatic carbocycles. The molecule has 3 rings (SSSR count). The van der Waals surface area contributed by atoms with Crippen LogP contribution in [-0.2, 0) is 27.9 Å². The molecule has 1 aromatic carbocycles. The second-order valence-electron chi connectivity index (χ2n) is 6.91. The normalized spacial score (nSPS) is 11.7. The van der Waals surface area contributed by atoms with Crippen molar-refractivity contribution < 1.29 is 17.7 Å². The summed E-state index contributed by atoms with van der Waals surface area (Å²) in [5.74, 6) is 0.449. The summed E-state index contributed by atoms with van der Waals surface area (Å²) in [6, 6.07) is 11.3. The lowest BCUT2D eigenvalue weighted by molar-refractivity contribution is -0.132. The molecule has 0 N–H and O–H groups in total. The predicted octanol–water partition coefficient (Wildman–Crippen LogP) is 2.92. The number of rotatable bonds is 9. The van der Waals surface area contributed by atoms with E-state index in [9.17, 15) is 13.2 Å². The van der Waals surface area contributed by atoms with Crippen molar-refractivity contribution >= 4 is 27.3 Å². The van der Waals surface area contributed by atoms with Crippen molar-refractivity contribution in [3.8, 4) is 10.7 Å². The van der Waals surface area contributed by atoms with E-state index in [0.29, 0.717) is 18.3 Å². The summed E-state index contributed by atoms with van der Waals surface area (Å²) in [6.07, 6.45) is 1.11. The van der Waals surface area contributed by atoms with Gasteiger partial charge < -0.3 is 9.42 Å². The number of aryl methyl sites for hydroxylation is 1. The monoisotopic (exact) mass is 448 g/mol. The highest BCUT2D eigenvalue weighted by atomic mass is 32.2. The zero-order valence-corrected chi connectivity index (χ0v) is 18.7. The maximum atomic E-state index is 12.8. The van der Waals surface area contributed by atoms with E-state index in [1.807, 2.05) is 55.6 Å². The van der Waals surface area contributed by atoms with E-state index in [2.05, 4.69) is 10.1 Å². The summed E-state index contributed by atoms with van der Waals surface area (Å²) in [7, 11) is -3.57. The molecule has 0 saturated carbocycles. The first-order valence-corrected chi connectivity index (χ1v) is 12.1. The molecule has 3 aromatic rings. The van der Waals surface area contributed by atoms with Crippen LogP contribution in [0.4, 0.5) is 0 Å². The van der Waals surface area contributed by atoms with Crippen LogP contribution >= 0.6 is 11.3 Å². The Morgan fingerprint density at radius 2 is 1.90 bits per heavy atom. The van der Waals surface area contributed by atoms with Crippen LogP contribution in [-0.4, -0.2) is 53.0 Å². The topological polar surface area (TPSA) is 96.6 Å². The van der Waals surface area contributed by atoms with E-state index in [4.69, 9.17) is 4.52 Å². The molecule has 1 amide bonds. The molecule has 0 spiro atoms. The number of carbonyl (C=O) groups is 1. The number of hydrogen-bond donors (Lipinski definition) is 0. The number of thiophene rings is 1. The van der Waals surface area contributed by atoms with Crippen molar-refractivity contribution in [2.75, 3.05) is 19.3 Å². The molecule has 0 aliphatic rings. The van der Waals surface area contributed by atoms with Gasteiger partial charge in [-0.1, -0.05) is 41.1 Å². The van der Waals surface area contributed by atoms with E-state index in [1.165, 1.54) is 20.5 Å². The quantitative estimate of drug-likeness (QED) is 0.499. The second-order valence-corrected chi connectivity index (χ2v) is 9.84. The van der Waals surface area contributed by atoms with Crippen LogP contribution < -0.4 is 0 Å². The van der Waals surface area contributed by atoms with Gasteiger partial charge in [0.2, 0.25) is 27.6 Å². The summed E-state index contributed by atoms with van der Waals surface area (Å²) in [5, 5.41) is 5.87. The fourth-order valence-electron chi connectivity index (χ4n) is 2.80. The largest absolute Gasteiger partial charge is 0.337 e. The average molecular weight is 449 g/mol. The van der Waals surface area contributed by atoms with Crippen molar-refractivity contribution in [1.29, 1.82) is 0 Å². The molecule has 30 heavy (non-hydrogen) atoms. The van der Waals surface area contributed by atoms with E-state index in [0.717, 1.165) is 22.3 Å². The summed E-state index contributed by atoms with van der Waals surface area (Å²) < 4.78 is 31.0. The van der Waals surface area contributed by atoms with Gasteiger partial charge in [-0.05, 0) is 30.9 Å². The van der Waals surface area contributed by atoms with Gasteiger partial charge >= 0.3 is 0 Å². The van der Waals surface area contributed by atoms with Crippen molar-refractivity contribution in [3.63, 3.8) is 0 Å². The van der Waals surface area contributed by atoms with Crippen molar-refractivity contribution in [2.24, 2.45) is 0 Å². The average Bonchev–Trinajstić information content (AvgIpc) is 3.38. The number of amides is 1. The Morgan fingerprint density at radius 1 is 1.17 bits per heavy atom. The second kappa shape index (κ2) is 9.50. The van der Waals surface area contributed by atoms with Crippen molar-refractivity contribution in [1.82, 2.24) is 19.3 Å². The molecule has 0 atom stereocenters. The first-order chi connectivity index (χ1) is 14.3. The van der Waals surface area contributed by atoms with Gasteiger partial charge in [0.1, 0.15) is 6.54 Å². The zero-order chi connectivity index (χ0) is 21.7. The van der Waals surface area contributed by atoms with Crippen LogP contribution in [0.1, 0.15) is 23.9 Å². The number of hydrogen-bond acceptors (Lipinski definition) is 7. The van der Waals surface area contributed by atoms with Gasteiger partial charge in [0.05, 0.1) is 17.7 Å². The summed E-state index contributed by atoms with van der Waals surface area (Å²) in [6.45, 7) is 4.16. The van der Waals surface area contributed by atoms with Gasteiger partial charge in [-0.2, -0.15) is 9.29 Å². The Hall–Kier alpha value is -2.56. The van der Waals surface area contributed by atoms with Crippen LogP contribution in [0.15, 0.2) is 46.3 Å². The lowest BCUT2D eigenvalue weighted by Crippen LogP contribution is -2.42. The maximum absolute atomic E-state index is 12.8. The number of benzene rings is 1. The van der Waals surface area contributed by atoms with Crippen LogP contribution in [0.25, 0.3) is 10.7 Å². The third-order valence-corrected chi connectivity index (χ3v) is 6.59. The first kappa shape index (κ1) is 22.1. The third-order valence-electron chi connectivity index (χ3n) is 4.53. The van der Waals surface area contributed by atoms with Gasteiger partial charge in [-0.3, -0.25) is 4.79 Å². The molecule has 0 fully saturated rings. The minimum absolute atomic E-state index is 0.121. The molecule has 8 nitrogen and oxygen atoms in total. The molecule has 0 bridgehead atoms. The fraction of sp³-hybridized carbons (Fsp3) is 0.350. The Morgan fingerprint density at radius 3 is 2.50 bits per heavy atom. The molecule has 0 aliphatic heterocycles. The zero-order valence-electron chi connectivity index (χ0n) is 17.1. The van der Waals surface area contributed by atoms with Crippen LogP contribution in [0.3, 0.4) is 0 Å². The number of sulfonamides is 1. The fourth-order valence-corrected chi connectivity index (χ4v) is 4.18. The van der Waals surface area contributed by atoms with E-state index in [-0.39, 0.29) is 25.5 Å². The molecule has 2 aromatic heterocycles. The van der Waals surface area contributed by atoms with Gasteiger partial charge in [0.25, 0.3) is 0 Å². The van der Waals surface area contributed by atoms with Gasteiger partial charge in [0.15, 0.2) is 0 Å². The van der Waals surface area contributed by atoms with Gasteiger partial charge in [0, 0.05) is 13.1 Å². The highest BCUT2D eigenvalue weighted by Crippen LogP contribution is 2.21. The predicted molar refractivity (Wildman–Crippen MR) is 115 cm³/mol. The molecule has 2 heterocycles. The highest BCUT2D eigenvalue weighted by Gasteiger charge is 2.24. The molecule has 160 valence electrons.